The summed E-state index contributed by atoms with van der Waals surface area (Å²) in [5.74, 6) is 0.718. The molecular weight excluding hydrogens is 430 g/mol. The van der Waals surface area contributed by atoms with Crippen molar-refractivity contribution in [2.75, 3.05) is 33.9 Å². The van der Waals surface area contributed by atoms with E-state index in [4.69, 9.17) is 9.47 Å². The standard InChI is InChI=1S/C27H37N3O4/c1-27(2,3)28-25(31)19-30(26(32)21-11-12-23(33-4)24(17-21)34-5)22-13-15-29(16-14-22)18-20-9-7-6-8-10-20/h6-12,17,22H,13-16,18-19H2,1-5H3,(H,28,31). The number of hydrogen-bond donors (Lipinski definition) is 1. The van der Waals surface area contributed by atoms with Crippen LogP contribution in [0.25, 0.3) is 0 Å². The molecule has 1 saturated heterocycles. The third-order valence-electron chi connectivity index (χ3n) is 5.97. The van der Waals surface area contributed by atoms with Crippen LogP contribution in [0, 0.1) is 0 Å². The van der Waals surface area contributed by atoms with E-state index in [1.165, 1.54) is 5.56 Å². The second-order valence-corrected chi connectivity index (χ2v) is 9.79. The number of carbonyl (C=O) groups is 2. The number of piperidine rings is 1. The van der Waals surface area contributed by atoms with E-state index in [-0.39, 0.29) is 29.9 Å². The second-order valence-electron chi connectivity index (χ2n) is 9.79. The highest BCUT2D eigenvalue weighted by atomic mass is 16.5. The van der Waals surface area contributed by atoms with Crippen molar-refractivity contribution in [2.45, 2.75) is 51.7 Å². The Hall–Kier alpha value is -3.06. The lowest BCUT2D eigenvalue weighted by molar-refractivity contribution is -0.123. The molecule has 1 fully saturated rings. The maximum Gasteiger partial charge on any atom is 0.254 e. The van der Waals surface area contributed by atoms with Gasteiger partial charge in [-0.25, -0.2) is 0 Å². The van der Waals surface area contributed by atoms with Gasteiger partial charge in [0.25, 0.3) is 5.91 Å². The first-order valence-corrected chi connectivity index (χ1v) is 11.8. The van der Waals surface area contributed by atoms with Crippen molar-refractivity contribution >= 4 is 11.8 Å². The third-order valence-corrected chi connectivity index (χ3v) is 5.97. The summed E-state index contributed by atoms with van der Waals surface area (Å²) in [5, 5.41) is 2.99. The average molecular weight is 468 g/mol. The lowest BCUT2D eigenvalue weighted by Crippen LogP contribution is -2.52. The Morgan fingerprint density at radius 1 is 1.00 bits per heavy atom. The van der Waals surface area contributed by atoms with Crippen LogP contribution in [-0.4, -0.2) is 67.0 Å². The van der Waals surface area contributed by atoms with Crippen LogP contribution >= 0.6 is 0 Å². The van der Waals surface area contributed by atoms with E-state index in [9.17, 15) is 9.59 Å². The van der Waals surface area contributed by atoms with Gasteiger partial charge in [-0.3, -0.25) is 14.5 Å². The number of amides is 2. The zero-order valence-electron chi connectivity index (χ0n) is 21.0. The Balaban J connectivity index is 1.76. The fraction of sp³-hybridized carbons (Fsp3) is 0.481. The summed E-state index contributed by atoms with van der Waals surface area (Å²) < 4.78 is 10.7. The summed E-state index contributed by atoms with van der Waals surface area (Å²) >= 11 is 0. The zero-order chi connectivity index (χ0) is 24.7. The van der Waals surface area contributed by atoms with Crippen LogP contribution in [0.4, 0.5) is 0 Å². The monoisotopic (exact) mass is 467 g/mol. The first-order valence-electron chi connectivity index (χ1n) is 11.8. The number of methoxy groups -OCH3 is 2. The second kappa shape index (κ2) is 11.4. The van der Waals surface area contributed by atoms with Crippen molar-refractivity contribution in [1.82, 2.24) is 15.1 Å². The average Bonchev–Trinajstić information content (AvgIpc) is 2.82. The summed E-state index contributed by atoms with van der Waals surface area (Å²) in [6.45, 7) is 8.47. The van der Waals surface area contributed by atoms with E-state index < -0.39 is 0 Å². The van der Waals surface area contributed by atoms with Gasteiger partial charge in [0.1, 0.15) is 6.54 Å². The van der Waals surface area contributed by atoms with Crippen LogP contribution in [0.2, 0.25) is 0 Å². The first-order chi connectivity index (χ1) is 16.2. The highest BCUT2D eigenvalue weighted by molar-refractivity contribution is 5.97. The fourth-order valence-corrected chi connectivity index (χ4v) is 4.35. The topological polar surface area (TPSA) is 71.1 Å². The minimum Gasteiger partial charge on any atom is -0.493 e. The Morgan fingerprint density at radius 2 is 1.65 bits per heavy atom. The van der Waals surface area contributed by atoms with Crippen LogP contribution in [0.3, 0.4) is 0 Å². The van der Waals surface area contributed by atoms with Crippen LogP contribution in [0.5, 0.6) is 11.5 Å². The molecule has 2 amide bonds. The minimum absolute atomic E-state index is 0.0154. The fourth-order valence-electron chi connectivity index (χ4n) is 4.35. The molecule has 1 N–H and O–H groups in total. The maximum absolute atomic E-state index is 13.6. The smallest absolute Gasteiger partial charge is 0.254 e. The van der Waals surface area contributed by atoms with Gasteiger partial charge >= 0.3 is 0 Å². The van der Waals surface area contributed by atoms with E-state index in [2.05, 4.69) is 34.5 Å². The highest BCUT2D eigenvalue weighted by Gasteiger charge is 2.31. The summed E-state index contributed by atoms with van der Waals surface area (Å²) in [7, 11) is 3.11. The lowest BCUT2D eigenvalue weighted by Gasteiger charge is -2.38. The van der Waals surface area contributed by atoms with Crippen molar-refractivity contribution in [3.05, 3.63) is 59.7 Å². The lowest BCUT2D eigenvalue weighted by atomic mass is 10.0. The van der Waals surface area contributed by atoms with E-state index in [0.29, 0.717) is 17.1 Å². The summed E-state index contributed by atoms with van der Waals surface area (Å²) in [6, 6.07) is 15.5. The molecule has 7 nitrogen and oxygen atoms in total. The predicted molar refractivity (Wildman–Crippen MR) is 133 cm³/mol. The number of hydrogen-bond acceptors (Lipinski definition) is 5. The predicted octanol–water partition coefficient (Wildman–Crippen LogP) is 3.73. The van der Waals surface area contributed by atoms with Gasteiger partial charge in [0.15, 0.2) is 11.5 Å². The molecule has 0 saturated carbocycles. The van der Waals surface area contributed by atoms with Gasteiger partial charge < -0.3 is 19.7 Å². The molecule has 0 bridgehead atoms. The molecule has 1 aliphatic heterocycles. The molecule has 0 aromatic heterocycles. The molecule has 0 radical (unpaired) electrons. The molecule has 0 unspecified atom stereocenters. The third kappa shape index (κ3) is 6.97. The zero-order valence-corrected chi connectivity index (χ0v) is 21.0. The van der Waals surface area contributed by atoms with Crippen molar-refractivity contribution in [2.24, 2.45) is 0 Å². The van der Waals surface area contributed by atoms with Crippen LogP contribution in [0.15, 0.2) is 48.5 Å². The normalized spacial score (nSPS) is 15.0. The van der Waals surface area contributed by atoms with E-state index in [1.807, 2.05) is 26.8 Å². The van der Waals surface area contributed by atoms with Gasteiger partial charge in [0, 0.05) is 36.8 Å². The van der Waals surface area contributed by atoms with E-state index in [1.54, 1.807) is 37.3 Å². The van der Waals surface area contributed by atoms with Crippen LogP contribution < -0.4 is 14.8 Å². The molecular formula is C27H37N3O4. The number of ether oxygens (including phenoxy) is 2. The molecule has 0 aliphatic carbocycles. The number of rotatable bonds is 8. The van der Waals surface area contributed by atoms with Gasteiger partial charge in [-0.2, -0.15) is 0 Å². The molecule has 1 heterocycles. The number of nitrogens with zero attached hydrogens (tertiary/aromatic N) is 2. The molecule has 184 valence electrons. The summed E-state index contributed by atoms with van der Waals surface area (Å²) in [6.07, 6.45) is 1.63. The number of nitrogens with one attached hydrogen (secondary N) is 1. The maximum atomic E-state index is 13.6. The summed E-state index contributed by atoms with van der Waals surface area (Å²) in [4.78, 5) is 30.6. The number of carbonyl (C=O) groups excluding carboxylic acids is 2. The largest absolute Gasteiger partial charge is 0.493 e. The van der Waals surface area contributed by atoms with Crippen LogP contribution in [0.1, 0.15) is 49.5 Å². The van der Waals surface area contributed by atoms with Gasteiger partial charge in [0.2, 0.25) is 5.91 Å². The van der Waals surface area contributed by atoms with Gasteiger partial charge in [-0.1, -0.05) is 30.3 Å². The summed E-state index contributed by atoms with van der Waals surface area (Å²) in [5.41, 5.74) is 1.39. The Labute approximate surface area is 203 Å². The Morgan fingerprint density at radius 3 is 2.24 bits per heavy atom. The Kier molecular flexibility index (Phi) is 8.56. The van der Waals surface area contributed by atoms with Crippen LogP contribution in [-0.2, 0) is 11.3 Å². The highest BCUT2D eigenvalue weighted by Crippen LogP contribution is 2.29. The molecule has 0 atom stereocenters. The van der Waals surface area contributed by atoms with Crippen molar-refractivity contribution in [1.29, 1.82) is 0 Å². The quantitative estimate of drug-likeness (QED) is 0.641. The molecule has 2 aromatic rings. The van der Waals surface area contributed by atoms with Crippen molar-refractivity contribution < 1.29 is 19.1 Å². The molecule has 3 rings (SSSR count). The van der Waals surface area contributed by atoms with E-state index >= 15 is 0 Å². The first kappa shape index (κ1) is 25.6. The SMILES string of the molecule is COc1ccc(C(=O)N(CC(=O)NC(C)(C)C)C2CCN(Cc3ccccc3)CC2)cc1OC. The number of likely N-dealkylation sites (tertiary alicyclic amines) is 1. The molecule has 34 heavy (non-hydrogen) atoms. The Bertz CT molecular complexity index is 964. The van der Waals surface area contributed by atoms with Gasteiger partial charge in [0.05, 0.1) is 14.2 Å². The minimum atomic E-state index is -0.367. The number of benzene rings is 2. The van der Waals surface area contributed by atoms with Crippen molar-refractivity contribution in [3.8, 4) is 11.5 Å². The molecule has 7 heteroatoms. The molecule has 1 aliphatic rings. The molecule has 2 aromatic carbocycles. The van der Waals surface area contributed by atoms with Crippen molar-refractivity contribution in [3.63, 3.8) is 0 Å². The van der Waals surface area contributed by atoms with E-state index in [0.717, 1.165) is 32.5 Å². The van der Waals surface area contributed by atoms with Gasteiger partial charge in [-0.15, -0.1) is 0 Å². The van der Waals surface area contributed by atoms with Gasteiger partial charge in [-0.05, 0) is 57.4 Å². The molecule has 0 spiro atoms.